The van der Waals surface area contributed by atoms with Crippen molar-refractivity contribution in [1.29, 1.82) is 0 Å². The fourth-order valence-electron chi connectivity index (χ4n) is 3.27. The molecule has 0 bridgehead atoms. The van der Waals surface area contributed by atoms with Crippen molar-refractivity contribution in [2.75, 3.05) is 0 Å². The second-order valence-corrected chi connectivity index (χ2v) is 7.27. The van der Waals surface area contributed by atoms with Crippen LogP contribution in [0.1, 0.15) is 30.9 Å². The van der Waals surface area contributed by atoms with Crippen molar-refractivity contribution >= 4 is 0 Å². The molecule has 0 saturated heterocycles. The molecule has 0 aliphatic rings. The molecule has 29 heavy (non-hydrogen) atoms. The highest BCUT2D eigenvalue weighted by Gasteiger charge is 2.24. The molecule has 1 atom stereocenters. The number of hydrogen-bond donors (Lipinski definition) is 0. The number of rotatable bonds is 7. The summed E-state index contributed by atoms with van der Waals surface area (Å²) >= 11 is 0. The summed E-state index contributed by atoms with van der Waals surface area (Å²) in [5, 5.41) is 0. The molecule has 0 aliphatic carbocycles. The van der Waals surface area contributed by atoms with Gasteiger partial charge in [-0.15, -0.1) is 0 Å². The lowest BCUT2D eigenvalue weighted by Crippen LogP contribution is -2.09. The van der Waals surface area contributed by atoms with Gasteiger partial charge < -0.3 is 4.74 Å². The third-order valence-corrected chi connectivity index (χ3v) is 4.66. The first kappa shape index (κ1) is 20.7. The van der Waals surface area contributed by atoms with E-state index in [0.717, 1.165) is 0 Å². The lowest BCUT2D eigenvalue weighted by Gasteiger charge is -2.20. The van der Waals surface area contributed by atoms with Crippen LogP contribution in [-0.4, -0.2) is 0 Å². The van der Waals surface area contributed by atoms with E-state index in [2.05, 4.69) is 0 Å². The molecule has 150 valence electrons. The van der Waals surface area contributed by atoms with Crippen LogP contribution < -0.4 is 4.74 Å². The van der Waals surface area contributed by atoms with Crippen LogP contribution in [0.15, 0.2) is 90.5 Å². The second kappa shape index (κ2) is 9.46. The largest absolute Gasteiger partial charge is 0.457 e. The summed E-state index contributed by atoms with van der Waals surface area (Å²) in [6.45, 7) is 3.63. The maximum absolute atomic E-state index is 15.0. The minimum absolute atomic E-state index is 0.178. The molecule has 0 aliphatic heterocycles. The first-order valence-electron chi connectivity index (χ1n) is 9.55. The van der Waals surface area contributed by atoms with Gasteiger partial charge in [0.05, 0.1) is 0 Å². The van der Waals surface area contributed by atoms with E-state index in [0.29, 0.717) is 22.6 Å². The maximum atomic E-state index is 15.0. The Labute approximate surface area is 169 Å². The molecule has 3 rings (SSSR count). The van der Waals surface area contributed by atoms with E-state index in [1.165, 1.54) is 24.3 Å². The summed E-state index contributed by atoms with van der Waals surface area (Å²) in [6.07, 6.45) is -0.178. The second-order valence-electron chi connectivity index (χ2n) is 7.27. The summed E-state index contributed by atoms with van der Waals surface area (Å²) in [5.41, 5.74) is 1.16. The van der Waals surface area contributed by atoms with Gasteiger partial charge in [-0.2, -0.15) is 0 Å². The van der Waals surface area contributed by atoms with Gasteiger partial charge in [-0.1, -0.05) is 56.3 Å². The van der Waals surface area contributed by atoms with Crippen LogP contribution in [0.4, 0.5) is 13.2 Å². The predicted octanol–water partition coefficient (Wildman–Crippen LogP) is 7.75. The van der Waals surface area contributed by atoms with E-state index < -0.39 is 23.4 Å². The highest BCUT2D eigenvalue weighted by atomic mass is 19.2. The molecular weight excluding hydrogens is 373 g/mol. The molecule has 0 aromatic heterocycles. The molecule has 0 radical (unpaired) electrons. The van der Waals surface area contributed by atoms with Crippen LogP contribution in [0.25, 0.3) is 0 Å². The SMILES string of the molecule is CC(C)C(/C(F)=C(\F)Cc1cccc(Oc2ccccc2)c1)c1ccc(F)cc1. The van der Waals surface area contributed by atoms with Gasteiger partial charge in [-0.05, 0) is 53.4 Å². The van der Waals surface area contributed by atoms with Gasteiger partial charge in [0.15, 0.2) is 0 Å². The summed E-state index contributed by atoms with van der Waals surface area (Å²) < 4.78 is 48.8. The molecule has 0 amide bonds. The molecule has 3 aromatic carbocycles. The molecule has 0 fully saturated rings. The molecule has 1 unspecified atom stereocenters. The van der Waals surface area contributed by atoms with Crippen LogP contribution in [0.3, 0.4) is 0 Å². The number of para-hydroxylation sites is 1. The zero-order chi connectivity index (χ0) is 20.8. The molecular formula is C25H23F3O. The highest BCUT2D eigenvalue weighted by molar-refractivity contribution is 5.36. The number of benzene rings is 3. The summed E-state index contributed by atoms with van der Waals surface area (Å²) in [4.78, 5) is 0. The molecule has 0 N–H and O–H groups in total. The smallest absolute Gasteiger partial charge is 0.139 e. The topological polar surface area (TPSA) is 9.23 Å². The van der Waals surface area contributed by atoms with Crippen molar-refractivity contribution in [2.45, 2.75) is 26.2 Å². The van der Waals surface area contributed by atoms with Crippen molar-refractivity contribution in [3.8, 4) is 11.5 Å². The summed E-state index contributed by atoms with van der Waals surface area (Å²) in [7, 11) is 0. The Balaban J connectivity index is 1.81. The molecule has 0 heterocycles. The standard InChI is InChI=1S/C25H23F3O/c1-17(2)24(19-11-13-20(26)14-12-19)25(28)23(27)16-18-7-6-10-22(15-18)29-21-8-4-3-5-9-21/h3-15,17,24H,16H2,1-2H3/b25-23+. The minimum Gasteiger partial charge on any atom is -0.457 e. The van der Waals surface area contributed by atoms with E-state index >= 15 is 4.39 Å². The highest BCUT2D eigenvalue weighted by Crippen LogP contribution is 2.36. The average Bonchev–Trinajstić information content (AvgIpc) is 2.70. The van der Waals surface area contributed by atoms with E-state index in [1.807, 2.05) is 44.2 Å². The predicted molar refractivity (Wildman–Crippen MR) is 110 cm³/mol. The fraction of sp³-hybridized carbons (Fsp3) is 0.200. The van der Waals surface area contributed by atoms with Crippen LogP contribution >= 0.6 is 0 Å². The minimum atomic E-state index is -0.829. The normalized spacial score (nSPS) is 13.2. The fourth-order valence-corrected chi connectivity index (χ4v) is 3.27. The Bertz CT molecular complexity index is 963. The maximum Gasteiger partial charge on any atom is 0.139 e. The van der Waals surface area contributed by atoms with Crippen LogP contribution in [0, 0.1) is 11.7 Å². The monoisotopic (exact) mass is 396 g/mol. The quantitative estimate of drug-likeness (QED) is 0.397. The zero-order valence-corrected chi connectivity index (χ0v) is 16.4. The molecule has 0 spiro atoms. The third kappa shape index (κ3) is 5.50. The average molecular weight is 396 g/mol. The number of hydrogen-bond acceptors (Lipinski definition) is 1. The Hall–Kier alpha value is -3.01. The van der Waals surface area contributed by atoms with Gasteiger partial charge in [0.2, 0.25) is 0 Å². The molecule has 4 heteroatoms. The van der Waals surface area contributed by atoms with Crippen molar-refractivity contribution in [3.05, 3.63) is 107 Å². The van der Waals surface area contributed by atoms with E-state index in [1.54, 1.807) is 24.3 Å². The Kier molecular flexibility index (Phi) is 6.76. The van der Waals surface area contributed by atoms with E-state index in [9.17, 15) is 8.78 Å². The van der Waals surface area contributed by atoms with Crippen molar-refractivity contribution in [1.82, 2.24) is 0 Å². The molecule has 0 saturated carbocycles. The lowest BCUT2D eigenvalue weighted by molar-refractivity contribution is 0.414. The Morgan fingerprint density at radius 2 is 1.48 bits per heavy atom. The van der Waals surface area contributed by atoms with E-state index in [4.69, 9.17) is 4.74 Å². The van der Waals surface area contributed by atoms with Gasteiger partial charge in [0, 0.05) is 12.3 Å². The lowest BCUT2D eigenvalue weighted by atomic mass is 9.86. The van der Waals surface area contributed by atoms with E-state index in [-0.39, 0.29) is 12.3 Å². The van der Waals surface area contributed by atoms with Crippen molar-refractivity contribution < 1.29 is 17.9 Å². The van der Waals surface area contributed by atoms with Crippen LogP contribution in [0.2, 0.25) is 0 Å². The van der Waals surface area contributed by atoms with Gasteiger partial charge >= 0.3 is 0 Å². The van der Waals surface area contributed by atoms with Crippen molar-refractivity contribution in [3.63, 3.8) is 0 Å². The van der Waals surface area contributed by atoms with Crippen LogP contribution in [-0.2, 0) is 6.42 Å². The zero-order valence-electron chi connectivity index (χ0n) is 16.4. The third-order valence-electron chi connectivity index (χ3n) is 4.66. The number of ether oxygens (including phenoxy) is 1. The first-order valence-corrected chi connectivity index (χ1v) is 9.55. The molecule has 3 aromatic rings. The first-order chi connectivity index (χ1) is 13.9. The summed E-state index contributed by atoms with van der Waals surface area (Å²) in [6, 6.07) is 21.7. The Morgan fingerprint density at radius 3 is 2.14 bits per heavy atom. The van der Waals surface area contributed by atoms with Gasteiger partial charge in [0.1, 0.15) is 29.0 Å². The Morgan fingerprint density at radius 1 is 0.828 bits per heavy atom. The van der Waals surface area contributed by atoms with Gasteiger partial charge in [-0.3, -0.25) is 0 Å². The van der Waals surface area contributed by atoms with Gasteiger partial charge in [-0.25, -0.2) is 13.2 Å². The number of allylic oxidation sites excluding steroid dienone is 2. The van der Waals surface area contributed by atoms with Crippen LogP contribution in [0.5, 0.6) is 11.5 Å². The van der Waals surface area contributed by atoms with Crippen molar-refractivity contribution in [2.24, 2.45) is 5.92 Å². The molecule has 1 nitrogen and oxygen atoms in total. The number of halogens is 3. The van der Waals surface area contributed by atoms with Gasteiger partial charge in [0.25, 0.3) is 0 Å². The summed E-state index contributed by atoms with van der Waals surface area (Å²) in [5.74, 6) is -1.77.